The summed E-state index contributed by atoms with van der Waals surface area (Å²) in [5.74, 6) is 0. The standard InChI is InChI=1S/C10H12N4O2/c1-5-7-8(11-10(16)12-9(7)15)14(13-5)6-3-2-4-6/h6H,2-4H2,1H3,(H2,11,12,15,16). The number of H-pyrrole nitrogens is 2. The molecule has 0 unspecified atom stereocenters. The van der Waals surface area contributed by atoms with Gasteiger partial charge in [0.1, 0.15) is 11.0 Å². The van der Waals surface area contributed by atoms with Crippen LogP contribution in [-0.2, 0) is 0 Å². The first-order valence-corrected chi connectivity index (χ1v) is 5.38. The van der Waals surface area contributed by atoms with Crippen LogP contribution >= 0.6 is 0 Å². The molecule has 84 valence electrons. The van der Waals surface area contributed by atoms with Gasteiger partial charge in [0.15, 0.2) is 0 Å². The van der Waals surface area contributed by atoms with E-state index in [-0.39, 0.29) is 5.56 Å². The Morgan fingerprint density at radius 2 is 2.06 bits per heavy atom. The third-order valence-electron chi connectivity index (χ3n) is 3.19. The summed E-state index contributed by atoms with van der Waals surface area (Å²) < 4.78 is 1.78. The fraction of sp³-hybridized carbons (Fsp3) is 0.500. The third-order valence-corrected chi connectivity index (χ3v) is 3.19. The van der Waals surface area contributed by atoms with E-state index in [9.17, 15) is 9.59 Å². The van der Waals surface area contributed by atoms with Crippen LogP contribution < -0.4 is 11.2 Å². The lowest BCUT2D eigenvalue weighted by Crippen LogP contribution is -2.24. The van der Waals surface area contributed by atoms with Crippen molar-refractivity contribution in [3.63, 3.8) is 0 Å². The summed E-state index contributed by atoms with van der Waals surface area (Å²) in [5.41, 5.74) is 0.384. The summed E-state index contributed by atoms with van der Waals surface area (Å²) in [6.07, 6.45) is 3.30. The molecule has 0 aliphatic heterocycles. The smallest absolute Gasteiger partial charge is 0.292 e. The maximum atomic E-state index is 11.6. The highest BCUT2D eigenvalue weighted by Crippen LogP contribution is 2.32. The van der Waals surface area contributed by atoms with Gasteiger partial charge in [-0.25, -0.2) is 9.48 Å². The number of aromatic amines is 2. The number of fused-ring (bicyclic) bond motifs is 1. The van der Waals surface area contributed by atoms with Crippen LogP contribution in [0.2, 0.25) is 0 Å². The molecule has 2 aromatic rings. The third kappa shape index (κ3) is 1.16. The quantitative estimate of drug-likeness (QED) is 0.731. The minimum absolute atomic E-state index is 0.327. The molecule has 1 saturated carbocycles. The molecule has 0 spiro atoms. The van der Waals surface area contributed by atoms with Gasteiger partial charge in [0.25, 0.3) is 5.56 Å². The van der Waals surface area contributed by atoms with Crippen molar-refractivity contribution < 1.29 is 0 Å². The van der Waals surface area contributed by atoms with Crippen molar-refractivity contribution in [1.82, 2.24) is 19.7 Å². The van der Waals surface area contributed by atoms with Crippen LogP contribution in [0, 0.1) is 6.92 Å². The van der Waals surface area contributed by atoms with E-state index in [0.29, 0.717) is 22.8 Å². The Morgan fingerprint density at radius 1 is 1.31 bits per heavy atom. The minimum Gasteiger partial charge on any atom is -0.292 e. The van der Waals surface area contributed by atoms with Gasteiger partial charge in [-0.3, -0.25) is 14.8 Å². The summed E-state index contributed by atoms with van der Waals surface area (Å²) in [7, 11) is 0. The largest absolute Gasteiger partial charge is 0.327 e. The Bertz CT molecular complexity index is 659. The minimum atomic E-state index is -0.474. The SMILES string of the molecule is Cc1nn(C2CCC2)c2[nH]c(=O)[nH]c(=O)c12. The average molecular weight is 220 g/mol. The number of aryl methyl sites for hydroxylation is 1. The molecule has 2 heterocycles. The Balaban J connectivity index is 2.38. The molecular formula is C10H12N4O2. The summed E-state index contributed by atoms with van der Waals surface area (Å²) in [6.45, 7) is 1.78. The van der Waals surface area contributed by atoms with E-state index in [1.807, 2.05) is 0 Å². The molecule has 0 bridgehead atoms. The van der Waals surface area contributed by atoms with Gasteiger partial charge in [-0.05, 0) is 26.2 Å². The van der Waals surface area contributed by atoms with Crippen LogP contribution in [0.15, 0.2) is 9.59 Å². The van der Waals surface area contributed by atoms with E-state index in [0.717, 1.165) is 12.8 Å². The average Bonchev–Trinajstić information content (AvgIpc) is 2.40. The maximum Gasteiger partial charge on any atom is 0.327 e. The van der Waals surface area contributed by atoms with E-state index in [1.165, 1.54) is 6.42 Å². The molecule has 0 aromatic carbocycles. The number of nitrogens with one attached hydrogen (secondary N) is 2. The van der Waals surface area contributed by atoms with E-state index in [4.69, 9.17) is 0 Å². The maximum absolute atomic E-state index is 11.6. The molecule has 2 aromatic heterocycles. The molecule has 16 heavy (non-hydrogen) atoms. The Hall–Kier alpha value is -1.85. The lowest BCUT2D eigenvalue weighted by atomic mass is 9.93. The van der Waals surface area contributed by atoms with Crippen LogP contribution in [-0.4, -0.2) is 19.7 Å². The number of hydrogen-bond donors (Lipinski definition) is 2. The van der Waals surface area contributed by atoms with Gasteiger partial charge in [-0.1, -0.05) is 0 Å². The van der Waals surface area contributed by atoms with Crippen molar-refractivity contribution in [2.75, 3.05) is 0 Å². The predicted molar refractivity (Wildman–Crippen MR) is 58.6 cm³/mol. The van der Waals surface area contributed by atoms with Gasteiger partial charge in [0, 0.05) is 0 Å². The van der Waals surface area contributed by atoms with Crippen molar-refractivity contribution in [2.45, 2.75) is 32.2 Å². The van der Waals surface area contributed by atoms with Crippen LogP contribution in [0.3, 0.4) is 0 Å². The fourth-order valence-electron chi connectivity index (χ4n) is 2.14. The van der Waals surface area contributed by atoms with Crippen molar-refractivity contribution in [3.8, 4) is 0 Å². The topological polar surface area (TPSA) is 83.5 Å². The Labute approximate surface area is 90.3 Å². The lowest BCUT2D eigenvalue weighted by Gasteiger charge is -2.25. The van der Waals surface area contributed by atoms with Gasteiger partial charge < -0.3 is 0 Å². The molecule has 0 radical (unpaired) electrons. The molecule has 3 rings (SSSR count). The molecule has 6 nitrogen and oxygen atoms in total. The normalized spacial score (nSPS) is 16.6. The molecule has 0 saturated heterocycles. The highest BCUT2D eigenvalue weighted by atomic mass is 16.2. The molecule has 2 N–H and O–H groups in total. The molecule has 0 atom stereocenters. The van der Waals surface area contributed by atoms with Crippen LogP contribution in [0.4, 0.5) is 0 Å². The monoisotopic (exact) mass is 220 g/mol. The van der Waals surface area contributed by atoms with Gasteiger partial charge in [0.05, 0.1) is 11.7 Å². The summed E-state index contributed by atoms with van der Waals surface area (Å²) in [4.78, 5) is 27.8. The summed E-state index contributed by atoms with van der Waals surface area (Å²) in [6, 6.07) is 0.327. The second-order valence-electron chi connectivity index (χ2n) is 4.25. The Morgan fingerprint density at radius 3 is 2.69 bits per heavy atom. The number of aromatic nitrogens is 4. The zero-order valence-corrected chi connectivity index (χ0v) is 8.91. The van der Waals surface area contributed by atoms with Crippen molar-refractivity contribution >= 4 is 11.0 Å². The van der Waals surface area contributed by atoms with Crippen molar-refractivity contribution in [2.24, 2.45) is 0 Å². The van der Waals surface area contributed by atoms with Crippen LogP contribution in [0.25, 0.3) is 11.0 Å². The molecular weight excluding hydrogens is 208 g/mol. The first kappa shape index (κ1) is 9.38. The highest BCUT2D eigenvalue weighted by molar-refractivity contribution is 5.76. The van der Waals surface area contributed by atoms with Crippen LogP contribution in [0.1, 0.15) is 31.0 Å². The van der Waals surface area contributed by atoms with Crippen LogP contribution in [0.5, 0.6) is 0 Å². The number of nitrogens with zero attached hydrogens (tertiary/aromatic N) is 2. The van der Waals surface area contributed by atoms with E-state index < -0.39 is 5.69 Å². The summed E-state index contributed by atoms with van der Waals surface area (Å²) >= 11 is 0. The fourth-order valence-corrected chi connectivity index (χ4v) is 2.14. The van der Waals surface area contributed by atoms with E-state index in [2.05, 4.69) is 15.1 Å². The summed E-state index contributed by atoms with van der Waals surface area (Å²) in [5, 5.41) is 4.83. The van der Waals surface area contributed by atoms with Crippen molar-refractivity contribution in [1.29, 1.82) is 0 Å². The Kier molecular flexibility index (Phi) is 1.80. The lowest BCUT2D eigenvalue weighted by molar-refractivity contribution is 0.295. The number of rotatable bonds is 1. The zero-order valence-electron chi connectivity index (χ0n) is 8.91. The van der Waals surface area contributed by atoms with E-state index >= 15 is 0 Å². The van der Waals surface area contributed by atoms with Gasteiger partial charge in [-0.15, -0.1) is 0 Å². The molecule has 1 fully saturated rings. The van der Waals surface area contributed by atoms with E-state index in [1.54, 1.807) is 11.6 Å². The predicted octanol–water partition coefficient (Wildman–Crippen LogP) is 0.446. The molecule has 6 heteroatoms. The second kappa shape index (κ2) is 3.07. The molecule has 1 aliphatic rings. The molecule has 1 aliphatic carbocycles. The molecule has 0 amide bonds. The first-order valence-electron chi connectivity index (χ1n) is 5.38. The highest BCUT2D eigenvalue weighted by Gasteiger charge is 2.24. The first-order chi connectivity index (χ1) is 7.66. The second-order valence-corrected chi connectivity index (χ2v) is 4.25. The zero-order chi connectivity index (χ0) is 11.3. The van der Waals surface area contributed by atoms with Gasteiger partial charge in [0.2, 0.25) is 0 Å². The van der Waals surface area contributed by atoms with Crippen molar-refractivity contribution in [3.05, 3.63) is 26.5 Å². The number of hydrogen-bond acceptors (Lipinski definition) is 3. The van der Waals surface area contributed by atoms with Gasteiger partial charge >= 0.3 is 5.69 Å². The van der Waals surface area contributed by atoms with Gasteiger partial charge in [-0.2, -0.15) is 5.10 Å².